The molecular weight excluding hydrogens is 356 g/mol. The number of anilines is 1. The summed E-state index contributed by atoms with van der Waals surface area (Å²) < 4.78 is 2.71. The third-order valence-corrected chi connectivity index (χ3v) is 6.52. The van der Waals surface area contributed by atoms with Crippen LogP contribution in [0.5, 0.6) is 0 Å². The van der Waals surface area contributed by atoms with E-state index in [1.165, 1.54) is 11.3 Å². The molecule has 140 valence electrons. The van der Waals surface area contributed by atoms with E-state index in [2.05, 4.69) is 17.4 Å². The standard InChI is InChI=1S/C22H24N2O2S/c1-15(2)24-18-11-10-17(14-19(18)27-21(24)26)23-20(25)22(12-6-7-13-22)16-8-4-3-5-9-16/h3-5,8-11,14-15H,6-7,12-13H2,1-2H3,(H,23,25). The molecule has 4 nitrogen and oxygen atoms in total. The smallest absolute Gasteiger partial charge is 0.308 e. The van der Waals surface area contributed by atoms with E-state index in [0.29, 0.717) is 0 Å². The van der Waals surface area contributed by atoms with Crippen LogP contribution in [0.25, 0.3) is 10.2 Å². The van der Waals surface area contributed by atoms with Gasteiger partial charge < -0.3 is 5.32 Å². The Morgan fingerprint density at radius 1 is 1.11 bits per heavy atom. The second-order valence-electron chi connectivity index (χ2n) is 7.62. The lowest BCUT2D eigenvalue weighted by molar-refractivity contribution is -0.121. The first kappa shape index (κ1) is 18.0. The van der Waals surface area contributed by atoms with Crippen molar-refractivity contribution in [3.63, 3.8) is 0 Å². The summed E-state index contributed by atoms with van der Waals surface area (Å²) in [5.74, 6) is 0.0567. The summed E-state index contributed by atoms with van der Waals surface area (Å²) in [4.78, 5) is 25.6. The fraction of sp³-hybridized carbons (Fsp3) is 0.364. The molecule has 0 saturated heterocycles. The van der Waals surface area contributed by atoms with Gasteiger partial charge in [0.25, 0.3) is 0 Å². The highest BCUT2D eigenvalue weighted by atomic mass is 32.1. The predicted octanol–water partition coefficient (Wildman–Crippen LogP) is 5.09. The van der Waals surface area contributed by atoms with Crippen molar-refractivity contribution in [2.75, 3.05) is 5.32 Å². The van der Waals surface area contributed by atoms with Gasteiger partial charge in [0.15, 0.2) is 0 Å². The topological polar surface area (TPSA) is 51.1 Å². The molecule has 0 radical (unpaired) electrons. The Morgan fingerprint density at radius 3 is 2.48 bits per heavy atom. The Labute approximate surface area is 162 Å². The van der Waals surface area contributed by atoms with E-state index in [4.69, 9.17) is 0 Å². The van der Waals surface area contributed by atoms with Crippen LogP contribution in [0.1, 0.15) is 51.1 Å². The van der Waals surface area contributed by atoms with Crippen molar-refractivity contribution in [2.45, 2.75) is 51.0 Å². The van der Waals surface area contributed by atoms with Gasteiger partial charge in [-0.05, 0) is 50.5 Å². The molecule has 4 rings (SSSR count). The summed E-state index contributed by atoms with van der Waals surface area (Å²) in [6.45, 7) is 4.01. The SMILES string of the molecule is CC(C)n1c(=O)sc2cc(NC(=O)C3(c4ccccc4)CCCC3)ccc21. The summed E-state index contributed by atoms with van der Waals surface area (Å²) in [5, 5.41) is 3.13. The molecule has 1 fully saturated rings. The monoisotopic (exact) mass is 380 g/mol. The second kappa shape index (κ2) is 6.97. The molecule has 3 aromatic rings. The van der Waals surface area contributed by atoms with E-state index in [-0.39, 0.29) is 16.8 Å². The van der Waals surface area contributed by atoms with Crippen LogP contribution in [-0.2, 0) is 10.2 Å². The van der Waals surface area contributed by atoms with Crippen LogP contribution < -0.4 is 10.2 Å². The van der Waals surface area contributed by atoms with Crippen molar-refractivity contribution in [3.05, 3.63) is 63.8 Å². The molecule has 0 spiro atoms. The minimum Gasteiger partial charge on any atom is -0.325 e. The Kier molecular flexibility index (Phi) is 4.64. The summed E-state index contributed by atoms with van der Waals surface area (Å²) in [6, 6.07) is 16.0. The highest BCUT2D eigenvalue weighted by Crippen LogP contribution is 2.42. The van der Waals surface area contributed by atoms with Gasteiger partial charge in [-0.3, -0.25) is 14.2 Å². The van der Waals surface area contributed by atoms with E-state index in [9.17, 15) is 9.59 Å². The first-order valence-corrected chi connectivity index (χ1v) is 10.3. The Hall–Kier alpha value is -2.40. The number of nitrogens with one attached hydrogen (secondary N) is 1. The highest BCUT2D eigenvalue weighted by molar-refractivity contribution is 7.16. The molecule has 1 saturated carbocycles. The van der Waals surface area contributed by atoms with Gasteiger partial charge in [-0.25, -0.2) is 0 Å². The molecule has 1 aromatic heterocycles. The van der Waals surface area contributed by atoms with E-state index in [0.717, 1.165) is 47.2 Å². The molecule has 0 bridgehead atoms. The van der Waals surface area contributed by atoms with Crippen molar-refractivity contribution in [3.8, 4) is 0 Å². The van der Waals surface area contributed by atoms with E-state index in [1.807, 2.05) is 50.2 Å². The number of nitrogens with zero attached hydrogens (tertiary/aromatic N) is 1. The van der Waals surface area contributed by atoms with Crippen LogP contribution in [0.15, 0.2) is 53.3 Å². The lowest BCUT2D eigenvalue weighted by atomic mass is 9.78. The largest absolute Gasteiger partial charge is 0.325 e. The van der Waals surface area contributed by atoms with Gasteiger partial charge in [-0.15, -0.1) is 0 Å². The van der Waals surface area contributed by atoms with E-state index in [1.54, 1.807) is 4.57 Å². The van der Waals surface area contributed by atoms with Crippen LogP contribution in [0.3, 0.4) is 0 Å². The van der Waals surface area contributed by atoms with Gasteiger partial charge in [0.2, 0.25) is 5.91 Å². The molecule has 5 heteroatoms. The maximum absolute atomic E-state index is 13.3. The van der Waals surface area contributed by atoms with Gasteiger partial charge in [0.05, 0.1) is 15.6 Å². The van der Waals surface area contributed by atoms with Gasteiger partial charge in [-0.2, -0.15) is 0 Å². The molecule has 0 unspecified atom stereocenters. The number of benzene rings is 2. The van der Waals surface area contributed by atoms with Crippen LogP contribution >= 0.6 is 11.3 Å². The lowest BCUT2D eigenvalue weighted by Gasteiger charge is -2.28. The molecule has 1 N–H and O–H groups in total. The maximum atomic E-state index is 13.3. The third-order valence-electron chi connectivity index (χ3n) is 5.61. The van der Waals surface area contributed by atoms with Crippen LogP contribution in [0.2, 0.25) is 0 Å². The van der Waals surface area contributed by atoms with E-state index >= 15 is 0 Å². The van der Waals surface area contributed by atoms with Gasteiger partial charge in [-0.1, -0.05) is 54.5 Å². The van der Waals surface area contributed by atoms with Gasteiger partial charge in [0, 0.05) is 11.7 Å². The summed E-state index contributed by atoms with van der Waals surface area (Å²) >= 11 is 1.23. The third kappa shape index (κ3) is 3.10. The second-order valence-corrected chi connectivity index (χ2v) is 8.62. The van der Waals surface area contributed by atoms with E-state index < -0.39 is 5.41 Å². The minimum absolute atomic E-state index is 0.0417. The molecule has 27 heavy (non-hydrogen) atoms. The Balaban J connectivity index is 1.67. The zero-order valence-corrected chi connectivity index (χ0v) is 16.5. The Bertz CT molecular complexity index is 1030. The number of carbonyl (C=O) groups excluding carboxylic acids is 1. The fourth-order valence-electron chi connectivity index (χ4n) is 4.24. The molecule has 1 amide bonds. The summed E-state index contributed by atoms with van der Waals surface area (Å²) in [5.41, 5.74) is 2.33. The number of aromatic nitrogens is 1. The average molecular weight is 381 g/mol. The predicted molar refractivity (Wildman–Crippen MR) is 112 cm³/mol. The number of fused-ring (bicyclic) bond motifs is 1. The molecule has 1 heterocycles. The van der Waals surface area contributed by atoms with Crippen molar-refractivity contribution in [1.29, 1.82) is 0 Å². The Morgan fingerprint density at radius 2 is 1.81 bits per heavy atom. The molecule has 1 aliphatic carbocycles. The van der Waals surface area contributed by atoms with Crippen molar-refractivity contribution in [1.82, 2.24) is 4.57 Å². The van der Waals surface area contributed by atoms with Crippen LogP contribution in [-0.4, -0.2) is 10.5 Å². The number of rotatable bonds is 4. The quantitative estimate of drug-likeness (QED) is 0.685. The molecule has 2 aromatic carbocycles. The molecule has 1 aliphatic rings. The fourth-order valence-corrected chi connectivity index (χ4v) is 5.29. The van der Waals surface area contributed by atoms with Gasteiger partial charge in [0.1, 0.15) is 0 Å². The van der Waals surface area contributed by atoms with Crippen molar-refractivity contribution < 1.29 is 4.79 Å². The summed E-state index contributed by atoms with van der Waals surface area (Å²) in [6.07, 6.45) is 3.89. The number of hydrogen-bond donors (Lipinski definition) is 1. The first-order valence-electron chi connectivity index (χ1n) is 9.53. The highest BCUT2D eigenvalue weighted by Gasteiger charge is 2.42. The zero-order chi connectivity index (χ0) is 19.0. The van der Waals surface area contributed by atoms with Crippen LogP contribution in [0.4, 0.5) is 5.69 Å². The molecule has 0 aliphatic heterocycles. The molecule has 0 atom stereocenters. The normalized spacial score (nSPS) is 16.1. The molecular formula is C22H24N2O2S. The number of amides is 1. The average Bonchev–Trinajstić information content (AvgIpc) is 3.26. The zero-order valence-electron chi connectivity index (χ0n) is 15.7. The lowest BCUT2D eigenvalue weighted by Crippen LogP contribution is -2.37. The number of thiazole rings is 1. The number of carbonyl (C=O) groups is 1. The maximum Gasteiger partial charge on any atom is 0.308 e. The summed E-state index contributed by atoms with van der Waals surface area (Å²) in [7, 11) is 0. The van der Waals surface area contributed by atoms with Crippen molar-refractivity contribution >= 4 is 33.1 Å². The van der Waals surface area contributed by atoms with Crippen molar-refractivity contribution in [2.24, 2.45) is 0 Å². The minimum atomic E-state index is -0.451. The van der Waals surface area contributed by atoms with Gasteiger partial charge >= 0.3 is 4.87 Å². The number of hydrogen-bond acceptors (Lipinski definition) is 3. The van der Waals surface area contributed by atoms with Crippen LogP contribution in [0, 0.1) is 0 Å². The first-order chi connectivity index (χ1) is 13.0.